The van der Waals surface area contributed by atoms with Crippen molar-refractivity contribution in [2.45, 2.75) is 25.8 Å². The molecule has 3 rings (SSSR count). The molecule has 0 bridgehead atoms. The van der Waals surface area contributed by atoms with Gasteiger partial charge in [-0.2, -0.15) is 0 Å². The molecular formula is C18H25FN2O2. The first-order chi connectivity index (χ1) is 11.2. The van der Waals surface area contributed by atoms with Gasteiger partial charge in [0, 0.05) is 26.1 Å². The van der Waals surface area contributed by atoms with Gasteiger partial charge in [0.1, 0.15) is 5.82 Å². The van der Waals surface area contributed by atoms with Crippen LogP contribution in [0.2, 0.25) is 0 Å². The Hall–Kier alpha value is -1.46. The van der Waals surface area contributed by atoms with Crippen molar-refractivity contribution in [2.75, 3.05) is 39.4 Å². The Morgan fingerprint density at radius 1 is 1.09 bits per heavy atom. The Bertz CT molecular complexity index is 506. The molecule has 2 saturated heterocycles. The Morgan fingerprint density at radius 2 is 1.74 bits per heavy atom. The summed E-state index contributed by atoms with van der Waals surface area (Å²) in [5, 5.41) is 0. The summed E-state index contributed by atoms with van der Waals surface area (Å²) in [6.07, 6.45) is 2.80. The molecule has 2 fully saturated rings. The van der Waals surface area contributed by atoms with Gasteiger partial charge in [-0.15, -0.1) is 0 Å². The zero-order valence-electron chi connectivity index (χ0n) is 13.5. The van der Waals surface area contributed by atoms with Crippen LogP contribution in [0.1, 0.15) is 24.8 Å². The molecular weight excluding hydrogens is 295 g/mol. The molecule has 0 aromatic heterocycles. The summed E-state index contributed by atoms with van der Waals surface area (Å²) >= 11 is 0. The minimum absolute atomic E-state index is 0.186. The maximum absolute atomic E-state index is 12.9. The van der Waals surface area contributed by atoms with Gasteiger partial charge in [0.2, 0.25) is 5.91 Å². The van der Waals surface area contributed by atoms with Crippen molar-refractivity contribution in [2.24, 2.45) is 5.92 Å². The summed E-state index contributed by atoms with van der Waals surface area (Å²) in [6, 6.07) is 6.74. The molecule has 1 amide bonds. The van der Waals surface area contributed by atoms with Crippen LogP contribution in [-0.4, -0.2) is 55.1 Å². The fourth-order valence-electron chi connectivity index (χ4n) is 3.39. The molecule has 4 nitrogen and oxygen atoms in total. The lowest BCUT2D eigenvalue weighted by Crippen LogP contribution is -2.42. The monoisotopic (exact) mass is 320 g/mol. The number of carbonyl (C=O) groups excluding carboxylic acids is 1. The van der Waals surface area contributed by atoms with Gasteiger partial charge in [-0.1, -0.05) is 12.1 Å². The quantitative estimate of drug-likeness (QED) is 0.853. The van der Waals surface area contributed by atoms with Gasteiger partial charge in [-0.25, -0.2) is 4.39 Å². The average Bonchev–Trinajstić information content (AvgIpc) is 2.59. The maximum atomic E-state index is 12.9. The highest BCUT2D eigenvalue weighted by Crippen LogP contribution is 2.23. The fraction of sp³-hybridized carbons (Fsp3) is 0.611. The number of piperidine rings is 1. The van der Waals surface area contributed by atoms with Gasteiger partial charge in [0.25, 0.3) is 0 Å². The predicted molar refractivity (Wildman–Crippen MR) is 86.4 cm³/mol. The molecule has 126 valence electrons. The van der Waals surface area contributed by atoms with Gasteiger partial charge in [0.05, 0.1) is 13.2 Å². The van der Waals surface area contributed by atoms with E-state index >= 15 is 0 Å². The molecule has 0 atom stereocenters. The summed E-state index contributed by atoms with van der Waals surface area (Å²) in [7, 11) is 0. The van der Waals surface area contributed by atoms with E-state index < -0.39 is 0 Å². The van der Waals surface area contributed by atoms with E-state index in [0.717, 1.165) is 51.1 Å². The molecule has 0 N–H and O–H groups in total. The fourth-order valence-corrected chi connectivity index (χ4v) is 3.39. The molecule has 2 aliphatic heterocycles. The second kappa shape index (κ2) is 7.88. The van der Waals surface area contributed by atoms with Gasteiger partial charge in [0.15, 0.2) is 0 Å². The van der Waals surface area contributed by atoms with E-state index in [4.69, 9.17) is 4.74 Å². The van der Waals surface area contributed by atoms with E-state index in [1.54, 1.807) is 0 Å². The highest BCUT2D eigenvalue weighted by Gasteiger charge is 2.24. The third-order valence-electron chi connectivity index (χ3n) is 4.85. The molecule has 0 aliphatic carbocycles. The van der Waals surface area contributed by atoms with Crippen molar-refractivity contribution < 1.29 is 13.9 Å². The number of hydrogen-bond acceptors (Lipinski definition) is 3. The minimum atomic E-state index is -0.186. The van der Waals surface area contributed by atoms with Crippen LogP contribution in [0, 0.1) is 11.7 Å². The number of likely N-dealkylation sites (tertiary alicyclic amines) is 1. The van der Waals surface area contributed by atoms with Crippen molar-refractivity contribution in [3.63, 3.8) is 0 Å². The van der Waals surface area contributed by atoms with Crippen LogP contribution >= 0.6 is 0 Å². The SMILES string of the molecule is O=C(CC1CCN(Cc2ccc(F)cc2)CC1)N1CCOCC1. The number of carbonyl (C=O) groups is 1. The van der Waals surface area contributed by atoms with Crippen molar-refractivity contribution in [3.8, 4) is 0 Å². The lowest BCUT2D eigenvalue weighted by atomic mass is 9.92. The van der Waals surface area contributed by atoms with Crippen LogP contribution in [-0.2, 0) is 16.1 Å². The van der Waals surface area contributed by atoms with E-state index in [-0.39, 0.29) is 11.7 Å². The first-order valence-corrected chi connectivity index (χ1v) is 8.53. The van der Waals surface area contributed by atoms with E-state index in [2.05, 4.69) is 4.90 Å². The van der Waals surface area contributed by atoms with Crippen LogP contribution in [0.4, 0.5) is 4.39 Å². The predicted octanol–water partition coefficient (Wildman–Crippen LogP) is 2.29. The van der Waals surface area contributed by atoms with Crippen LogP contribution in [0.15, 0.2) is 24.3 Å². The van der Waals surface area contributed by atoms with E-state index in [1.807, 2.05) is 17.0 Å². The summed E-state index contributed by atoms with van der Waals surface area (Å²) in [5.74, 6) is 0.592. The summed E-state index contributed by atoms with van der Waals surface area (Å²) in [4.78, 5) is 16.6. The minimum Gasteiger partial charge on any atom is -0.378 e. The molecule has 1 aromatic rings. The smallest absolute Gasteiger partial charge is 0.223 e. The molecule has 0 radical (unpaired) electrons. The normalized spacial score (nSPS) is 20.7. The average molecular weight is 320 g/mol. The third kappa shape index (κ3) is 4.75. The second-order valence-electron chi connectivity index (χ2n) is 6.54. The highest BCUT2D eigenvalue weighted by molar-refractivity contribution is 5.76. The first kappa shape index (κ1) is 16.4. The number of rotatable bonds is 4. The van der Waals surface area contributed by atoms with E-state index in [0.29, 0.717) is 25.6 Å². The highest BCUT2D eigenvalue weighted by atomic mass is 19.1. The Kier molecular flexibility index (Phi) is 5.62. The molecule has 0 spiro atoms. The van der Waals surface area contributed by atoms with Gasteiger partial charge < -0.3 is 9.64 Å². The lowest BCUT2D eigenvalue weighted by molar-refractivity contribution is -0.136. The molecule has 23 heavy (non-hydrogen) atoms. The zero-order chi connectivity index (χ0) is 16.1. The number of hydrogen-bond donors (Lipinski definition) is 0. The van der Waals surface area contributed by atoms with Crippen molar-refractivity contribution >= 4 is 5.91 Å². The number of halogens is 1. The van der Waals surface area contributed by atoms with Crippen molar-refractivity contribution in [3.05, 3.63) is 35.6 Å². The number of amides is 1. The molecule has 0 saturated carbocycles. The van der Waals surface area contributed by atoms with Crippen LogP contribution in [0.5, 0.6) is 0 Å². The molecule has 0 unspecified atom stereocenters. The number of benzene rings is 1. The topological polar surface area (TPSA) is 32.8 Å². The summed E-state index contributed by atoms with van der Waals surface area (Å²) in [6.45, 7) is 5.70. The Balaban J connectivity index is 1.41. The summed E-state index contributed by atoms with van der Waals surface area (Å²) in [5.41, 5.74) is 1.15. The largest absolute Gasteiger partial charge is 0.378 e. The van der Waals surface area contributed by atoms with Gasteiger partial charge >= 0.3 is 0 Å². The summed E-state index contributed by atoms with van der Waals surface area (Å²) < 4.78 is 18.2. The Labute approximate surface area is 137 Å². The number of morpholine rings is 1. The third-order valence-corrected chi connectivity index (χ3v) is 4.85. The van der Waals surface area contributed by atoms with Gasteiger partial charge in [-0.05, 0) is 49.5 Å². The zero-order valence-corrected chi connectivity index (χ0v) is 13.5. The molecule has 1 aromatic carbocycles. The van der Waals surface area contributed by atoms with E-state index in [9.17, 15) is 9.18 Å². The number of nitrogens with zero attached hydrogens (tertiary/aromatic N) is 2. The van der Waals surface area contributed by atoms with Crippen LogP contribution in [0.25, 0.3) is 0 Å². The molecule has 5 heteroatoms. The Morgan fingerprint density at radius 3 is 2.39 bits per heavy atom. The lowest BCUT2D eigenvalue weighted by Gasteiger charge is -2.33. The van der Waals surface area contributed by atoms with E-state index in [1.165, 1.54) is 12.1 Å². The van der Waals surface area contributed by atoms with Crippen LogP contribution < -0.4 is 0 Å². The molecule has 2 aliphatic rings. The number of ether oxygens (including phenoxy) is 1. The van der Waals surface area contributed by atoms with Crippen LogP contribution in [0.3, 0.4) is 0 Å². The van der Waals surface area contributed by atoms with Crippen molar-refractivity contribution in [1.82, 2.24) is 9.80 Å². The molecule has 2 heterocycles. The first-order valence-electron chi connectivity index (χ1n) is 8.53. The standard InChI is InChI=1S/C18H25FN2O2/c19-17-3-1-16(2-4-17)14-20-7-5-15(6-8-20)13-18(22)21-9-11-23-12-10-21/h1-4,15H,5-14H2. The van der Waals surface area contributed by atoms with Gasteiger partial charge in [-0.3, -0.25) is 9.69 Å². The van der Waals surface area contributed by atoms with Crippen molar-refractivity contribution in [1.29, 1.82) is 0 Å². The maximum Gasteiger partial charge on any atom is 0.223 e. The second-order valence-corrected chi connectivity index (χ2v) is 6.54.